The Labute approximate surface area is 167 Å². The highest BCUT2D eigenvalue weighted by Crippen LogP contribution is 2.32. The van der Waals surface area contributed by atoms with Gasteiger partial charge in [0.05, 0.1) is 5.69 Å². The lowest BCUT2D eigenvalue weighted by Crippen LogP contribution is -2.48. The van der Waals surface area contributed by atoms with Gasteiger partial charge in [-0.1, -0.05) is 42.5 Å². The lowest BCUT2D eigenvalue weighted by molar-refractivity contribution is 0.0634. The number of nitrogens with two attached hydrogens (primary N) is 1. The minimum absolute atomic E-state index is 0.1000. The molecule has 1 aliphatic heterocycles. The Bertz CT molecular complexity index is 968. The first-order valence-electron chi connectivity index (χ1n) is 9.18. The quantitative estimate of drug-likeness (QED) is 0.733. The van der Waals surface area contributed by atoms with E-state index in [1.807, 2.05) is 23.1 Å². The predicted octanol–water partition coefficient (Wildman–Crippen LogP) is 3.49. The molecular formula is C21H21FN4OS. The molecule has 0 aliphatic carbocycles. The van der Waals surface area contributed by atoms with E-state index in [1.54, 1.807) is 12.1 Å². The summed E-state index contributed by atoms with van der Waals surface area (Å²) < 4.78 is 17.8. The van der Waals surface area contributed by atoms with Gasteiger partial charge in [-0.25, -0.2) is 4.39 Å². The number of carbonyl (C=O) groups excluding carboxylic acids is 1. The number of nitrogens with zero attached hydrogens (tertiary/aromatic N) is 3. The van der Waals surface area contributed by atoms with Crippen molar-refractivity contribution >= 4 is 23.1 Å². The number of amides is 1. The summed E-state index contributed by atoms with van der Waals surface area (Å²) in [6.07, 6.45) is 0. The van der Waals surface area contributed by atoms with Crippen LogP contribution < -0.4 is 5.73 Å². The third-order valence-electron chi connectivity index (χ3n) is 4.93. The molecule has 0 bridgehead atoms. The van der Waals surface area contributed by atoms with Gasteiger partial charge in [0.1, 0.15) is 16.4 Å². The summed E-state index contributed by atoms with van der Waals surface area (Å²) in [5.41, 5.74) is 8.84. The smallest absolute Gasteiger partial charge is 0.267 e. The van der Waals surface area contributed by atoms with Crippen LogP contribution in [0.15, 0.2) is 54.6 Å². The molecule has 0 atom stereocenters. The van der Waals surface area contributed by atoms with Crippen LogP contribution in [-0.2, 0) is 6.54 Å². The summed E-state index contributed by atoms with van der Waals surface area (Å²) in [4.78, 5) is 17.5. The zero-order valence-electron chi connectivity index (χ0n) is 15.3. The van der Waals surface area contributed by atoms with Gasteiger partial charge >= 0.3 is 0 Å². The molecule has 2 N–H and O–H groups in total. The summed E-state index contributed by atoms with van der Waals surface area (Å²) in [5.74, 6) is -0.454. The Kier molecular flexibility index (Phi) is 5.36. The second-order valence-corrected chi connectivity index (χ2v) is 7.61. The standard InChI is InChI=1S/C21H21FN4OS/c22-17-8-4-7-16(13-17)19-18(23)20(28-24-19)21(27)26-11-9-25(10-12-26)14-15-5-2-1-3-6-15/h1-8,13H,9-12,14,23H2. The van der Waals surface area contributed by atoms with Crippen molar-refractivity contribution in [2.24, 2.45) is 0 Å². The van der Waals surface area contributed by atoms with E-state index in [4.69, 9.17) is 5.73 Å². The second-order valence-electron chi connectivity index (χ2n) is 6.84. The molecule has 1 saturated heterocycles. The van der Waals surface area contributed by atoms with Gasteiger partial charge in [0.25, 0.3) is 5.91 Å². The van der Waals surface area contributed by atoms with Crippen LogP contribution in [0.1, 0.15) is 15.2 Å². The van der Waals surface area contributed by atoms with E-state index in [-0.39, 0.29) is 11.7 Å². The maximum absolute atomic E-state index is 13.5. The molecule has 144 valence electrons. The lowest BCUT2D eigenvalue weighted by Gasteiger charge is -2.34. The van der Waals surface area contributed by atoms with Crippen LogP contribution in [0.3, 0.4) is 0 Å². The maximum Gasteiger partial charge on any atom is 0.267 e. The molecule has 7 heteroatoms. The molecule has 4 rings (SSSR count). The number of rotatable bonds is 4. The summed E-state index contributed by atoms with van der Waals surface area (Å²) in [6, 6.07) is 16.4. The minimum atomic E-state index is -0.354. The topological polar surface area (TPSA) is 62.5 Å². The molecule has 0 spiro atoms. The highest BCUT2D eigenvalue weighted by Gasteiger charge is 2.26. The number of carbonyl (C=O) groups is 1. The van der Waals surface area contributed by atoms with Crippen molar-refractivity contribution in [3.05, 3.63) is 70.9 Å². The maximum atomic E-state index is 13.5. The number of halogens is 1. The van der Waals surface area contributed by atoms with Gasteiger partial charge in [-0.15, -0.1) is 0 Å². The fraction of sp³-hybridized carbons (Fsp3) is 0.238. The number of hydrogen-bond donors (Lipinski definition) is 1. The van der Waals surface area contributed by atoms with Gasteiger partial charge in [0, 0.05) is 38.3 Å². The number of piperazine rings is 1. The largest absolute Gasteiger partial charge is 0.396 e. The number of aromatic nitrogens is 1. The van der Waals surface area contributed by atoms with E-state index >= 15 is 0 Å². The molecule has 1 fully saturated rings. The van der Waals surface area contributed by atoms with E-state index in [2.05, 4.69) is 21.4 Å². The zero-order valence-corrected chi connectivity index (χ0v) is 16.2. The van der Waals surface area contributed by atoms with Gasteiger partial charge in [0.2, 0.25) is 0 Å². The second kappa shape index (κ2) is 8.08. The molecule has 2 heterocycles. The number of anilines is 1. The average molecular weight is 396 g/mol. The Balaban J connectivity index is 1.42. The van der Waals surface area contributed by atoms with Crippen molar-refractivity contribution in [1.82, 2.24) is 14.2 Å². The van der Waals surface area contributed by atoms with Crippen molar-refractivity contribution in [2.75, 3.05) is 31.9 Å². The third kappa shape index (κ3) is 3.90. The van der Waals surface area contributed by atoms with Crippen molar-refractivity contribution in [2.45, 2.75) is 6.54 Å². The number of benzene rings is 2. The fourth-order valence-electron chi connectivity index (χ4n) is 3.39. The fourth-order valence-corrected chi connectivity index (χ4v) is 4.18. The van der Waals surface area contributed by atoms with E-state index in [0.29, 0.717) is 34.9 Å². The van der Waals surface area contributed by atoms with E-state index in [0.717, 1.165) is 31.2 Å². The first-order chi connectivity index (χ1) is 13.6. The molecule has 1 amide bonds. The van der Waals surface area contributed by atoms with Crippen LogP contribution in [0.25, 0.3) is 11.3 Å². The zero-order chi connectivity index (χ0) is 19.5. The molecule has 3 aromatic rings. The normalized spacial score (nSPS) is 15.0. The van der Waals surface area contributed by atoms with Gasteiger partial charge in [-0.2, -0.15) is 4.37 Å². The minimum Gasteiger partial charge on any atom is -0.396 e. The summed E-state index contributed by atoms with van der Waals surface area (Å²) in [6.45, 7) is 3.82. The highest BCUT2D eigenvalue weighted by molar-refractivity contribution is 7.09. The SMILES string of the molecule is Nc1c(-c2cccc(F)c2)nsc1C(=O)N1CCN(Cc2ccccc2)CC1. The molecule has 1 aliphatic rings. The van der Waals surface area contributed by atoms with Crippen molar-refractivity contribution in [1.29, 1.82) is 0 Å². The van der Waals surface area contributed by atoms with Gasteiger partial charge < -0.3 is 10.6 Å². The molecule has 28 heavy (non-hydrogen) atoms. The van der Waals surface area contributed by atoms with E-state index < -0.39 is 0 Å². The number of hydrogen-bond acceptors (Lipinski definition) is 5. The number of nitrogen functional groups attached to an aromatic ring is 1. The van der Waals surface area contributed by atoms with Crippen molar-refractivity contribution < 1.29 is 9.18 Å². The predicted molar refractivity (Wildman–Crippen MR) is 110 cm³/mol. The molecule has 5 nitrogen and oxygen atoms in total. The third-order valence-corrected chi connectivity index (χ3v) is 5.78. The van der Waals surface area contributed by atoms with Crippen molar-refractivity contribution in [3.63, 3.8) is 0 Å². The molecular weight excluding hydrogens is 375 g/mol. The molecule has 0 radical (unpaired) electrons. The van der Waals surface area contributed by atoms with Crippen molar-refractivity contribution in [3.8, 4) is 11.3 Å². The highest BCUT2D eigenvalue weighted by atomic mass is 32.1. The Hall–Kier alpha value is -2.77. The van der Waals surface area contributed by atoms with E-state index in [1.165, 1.54) is 17.7 Å². The molecule has 1 aromatic heterocycles. The van der Waals surface area contributed by atoms with E-state index in [9.17, 15) is 9.18 Å². The summed E-state index contributed by atoms with van der Waals surface area (Å²) in [5, 5.41) is 0. The Morgan fingerprint density at radius 2 is 1.82 bits per heavy atom. The average Bonchev–Trinajstić information content (AvgIpc) is 3.10. The Morgan fingerprint density at radius 1 is 1.07 bits per heavy atom. The first-order valence-corrected chi connectivity index (χ1v) is 9.96. The van der Waals surface area contributed by atoms with Crippen LogP contribution in [0.4, 0.5) is 10.1 Å². The Morgan fingerprint density at radius 3 is 2.54 bits per heavy atom. The van der Waals surface area contributed by atoms with Gasteiger partial charge in [0.15, 0.2) is 0 Å². The van der Waals surface area contributed by atoms with Crippen LogP contribution in [0.5, 0.6) is 0 Å². The molecule has 0 saturated carbocycles. The summed E-state index contributed by atoms with van der Waals surface area (Å²) >= 11 is 1.08. The van der Waals surface area contributed by atoms with Crippen LogP contribution in [0.2, 0.25) is 0 Å². The van der Waals surface area contributed by atoms with Crippen LogP contribution in [0, 0.1) is 5.82 Å². The molecule has 2 aromatic carbocycles. The van der Waals surface area contributed by atoms with Crippen LogP contribution >= 0.6 is 11.5 Å². The first kappa shape index (κ1) is 18.6. The van der Waals surface area contributed by atoms with Crippen LogP contribution in [-0.4, -0.2) is 46.3 Å². The lowest BCUT2D eigenvalue weighted by atomic mass is 10.1. The van der Waals surface area contributed by atoms with Gasteiger partial charge in [-0.05, 0) is 29.2 Å². The summed E-state index contributed by atoms with van der Waals surface area (Å²) in [7, 11) is 0. The molecule has 0 unspecified atom stereocenters. The monoisotopic (exact) mass is 396 g/mol. The van der Waals surface area contributed by atoms with Gasteiger partial charge in [-0.3, -0.25) is 9.69 Å².